The maximum absolute atomic E-state index is 5.98. The van der Waals surface area contributed by atoms with Gasteiger partial charge in [0.2, 0.25) is 0 Å². The zero-order valence-electron chi connectivity index (χ0n) is 11.4. The topological polar surface area (TPSA) is 9.23 Å². The normalized spacial score (nSPS) is 22.2. The highest BCUT2D eigenvalue weighted by Crippen LogP contribution is 2.42. The SMILES string of the molecule is Cc1ccc(-c2ccc3c(c2)C2C=CC=CC2O3)cc1. The standard InChI is InChI=1S/C19H16O/c1-13-6-8-14(9-7-13)15-10-11-19-17(12-15)16-4-2-3-5-18(16)20-19/h2-12,16,18H,1H3. The van der Waals surface area contributed by atoms with E-state index in [-0.39, 0.29) is 6.10 Å². The van der Waals surface area contributed by atoms with Gasteiger partial charge in [-0.3, -0.25) is 0 Å². The van der Waals surface area contributed by atoms with Crippen LogP contribution >= 0.6 is 0 Å². The number of benzene rings is 2. The van der Waals surface area contributed by atoms with Crippen LogP contribution in [0.3, 0.4) is 0 Å². The number of fused-ring (bicyclic) bond motifs is 3. The first-order valence-corrected chi connectivity index (χ1v) is 7.04. The maximum atomic E-state index is 5.98. The molecular formula is C19H16O. The van der Waals surface area contributed by atoms with E-state index < -0.39 is 0 Å². The molecular weight excluding hydrogens is 244 g/mol. The smallest absolute Gasteiger partial charge is 0.128 e. The van der Waals surface area contributed by atoms with E-state index >= 15 is 0 Å². The van der Waals surface area contributed by atoms with E-state index in [0.717, 1.165) is 5.75 Å². The highest BCUT2D eigenvalue weighted by molar-refractivity contribution is 5.67. The minimum absolute atomic E-state index is 0.170. The van der Waals surface area contributed by atoms with E-state index in [2.05, 4.69) is 73.7 Å². The molecule has 98 valence electrons. The molecule has 2 atom stereocenters. The summed E-state index contributed by atoms with van der Waals surface area (Å²) in [6.45, 7) is 2.12. The zero-order valence-corrected chi connectivity index (χ0v) is 11.4. The van der Waals surface area contributed by atoms with Gasteiger partial charge in [0.05, 0.1) is 0 Å². The minimum atomic E-state index is 0.170. The van der Waals surface area contributed by atoms with Crippen LogP contribution in [0.15, 0.2) is 66.8 Å². The van der Waals surface area contributed by atoms with Gasteiger partial charge >= 0.3 is 0 Å². The van der Waals surface area contributed by atoms with Crippen molar-refractivity contribution in [2.75, 3.05) is 0 Å². The van der Waals surface area contributed by atoms with Crippen LogP contribution in [0.2, 0.25) is 0 Å². The van der Waals surface area contributed by atoms with Crippen LogP contribution in [-0.4, -0.2) is 6.10 Å². The van der Waals surface area contributed by atoms with Gasteiger partial charge in [0.25, 0.3) is 0 Å². The monoisotopic (exact) mass is 260 g/mol. The second-order valence-corrected chi connectivity index (χ2v) is 5.50. The third-order valence-corrected chi connectivity index (χ3v) is 4.10. The van der Waals surface area contributed by atoms with E-state index in [0.29, 0.717) is 5.92 Å². The lowest BCUT2D eigenvalue weighted by Crippen LogP contribution is -2.15. The van der Waals surface area contributed by atoms with Crippen LogP contribution in [0.25, 0.3) is 11.1 Å². The third-order valence-electron chi connectivity index (χ3n) is 4.10. The van der Waals surface area contributed by atoms with Gasteiger partial charge in [-0.15, -0.1) is 0 Å². The van der Waals surface area contributed by atoms with Crippen LogP contribution in [0.4, 0.5) is 0 Å². The number of hydrogen-bond acceptors (Lipinski definition) is 1. The summed E-state index contributed by atoms with van der Waals surface area (Å²) in [4.78, 5) is 0. The fraction of sp³-hybridized carbons (Fsp3) is 0.158. The largest absolute Gasteiger partial charge is 0.485 e. The van der Waals surface area contributed by atoms with Crippen molar-refractivity contribution in [2.45, 2.75) is 18.9 Å². The van der Waals surface area contributed by atoms with E-state index in [9.17, 15) is 0 Å². The minimum Gasteiger partial charge on any atom is -0.485 e. The Morgan fingerprint density at radius 3 is 2.45 bits per heavy atom. The second-order valence-electron chi connectivity index (χ2n) is 5.50. The van der Waals surface area contributed by atoms with Crippen LogP contribution in [0, 0.1) is 6.92 Å². The van der Waals surface area contributed by atoms with Crippen LogP contribution in [-0.2, 0) is 0 Å². The van der Waals surface area contributed by atoms with Gasteiger partial charge in [0, 0.05) is 11.5 Å². The van der Waals surface area contributed by atoms with Crippen molar-refractivity contribution in [3.8, 4) is 16.9 Å². The molecule has 4 rings (SSSR count). The van der Waals surface area contributed by atoms with E-state index in [1.165, 1.54) is 22.3 Å². The molecule has 0 spiro atoms. The van der Waals surface area contributed by atoms with Crippen LogP contribution in [0.1, 0.15) is 17.0 Å². The van der Waals surface area contributed by atoms with Crippen LogP contribution in [0.5, 0.6) is 5.75 Å². The van der Waals surface area contributed by atoms with Gasteiger partial charge in [0.15, 0.2) is 0 Å². The Balaban J connectivity index is 1.77. The number of ether oxygens (including phenoxy) is 1. The predicted molar refractivity (Wildman–Crippen MR) is 82.1 cm³/mol. The van der Waals surface area contributed by atoms with Gasteiger partial charge in [-0.25, -0.2) is 0 Å². The molecule has 0 saturated carbocycles. The first-order chi connectivity index (χ1) is 9.81. The van der Waals surface area contributed by atoms with Gasteiger partial charge < -0.3 is 4.74 Å². The van der Waals surface area contributed by atoms with E-state index in [1.807, 2.05) is 0 Å². The average Bonchev–Trinajstić information content (AvgIpc) is 2.86. The molecule has 2 unspecified atom stereocenters. The third kappa shape index (κ3) is 1.78. The molecule has 1 heteroatoms. The van der Waals surface area contributed by atoms with Gasteiger partial charge in [-0.05, 0) is 36.3 Å². The van der Waals surface area contributed by atoms with Crippen molar-refractivity contribution < 1.29 is 4.74 Å². The fourth-order valence-corrected chi connectivity index (χ4v) is 2.97. The van der Waals surface area contributed by atoms with Crippen molar-refractivity contribution in [3.63, 3.8) is 0 Å². The van der Waals surface area contributed by atoms with E-state index in [1.54, 1.807) is 0 Å². The molecule has 20 heavy (non-hydrogen) atoms. The summed E-state index contributed by atoms with van der Waals surface area (Å²) < 4.78 is 5.98. The maximum Gasteiger partial charge on any atom is 0.128 e. The summed E-state index contributed by atoms with van der Waals surface area (Å²) in [5, 5.41) is 0. The Kier molecular flexibility index (Phi) is 2.53. The lowest BCUT2D eigenvalue weighted by atomic mass is 9.90. The van der Waals surface area contributed by atoms with Gasteiger partial charge in [-0.2, -0.15) is 0 Å². The molecule has 1 aliphatic carbocycles. The Hall–Kier alpha value is -2.28. The van der Waals surface area contributed by atoms with Gasteiger partial charge in [0.1, 0.15) is 11.9 Å². The summed E-state index contributed by atoms with van der Waals surface area (Å²) in [5.41, 5.74) is 5.11. The first-order valence-electron chi connectivity index (χ1n) is 7.04. The molecule has 0 radical (unpaired) electrons. The Labute approximate surface area is 119 Å². The van der Waals surface area contributed by atoms with E-state index in [4.69, 9.17) is 4.74 Å². The molecule has 0 saturated heterocycles. The number of hydrogen-bond donors (Lipinski definition) is 0. The van der Waals surface area contributed by atoms with Crippen LogP contribution < -0.4 is 4.74 Å². The highest BCUT2D eigenvalue weighted by atomic mass is 16.5. The summed E-state index contributed by atoms with van der Waals surface area (Å²) >= 11 is 0. The molecule has 0 N–H and O–H groups in total. The molecule has 2 aliphatic rings. The predicted octanol–water partition coefficient (Wildman–Crippen LogP) is 4.63. The zero-order chi connectivity index (χ0) is 13.5. The molecule has 0 bridgehead atoms. The Morgan fingerprint density at radius 1 is 0.850 bits per heavy atom. The lowest BCUT2D eigenvalue weighted by molar-refractivity contribution is 0.269. The summed E-state index contributed by atoms with van der Waals surface area (Å²) in [6, 6.07) is 15.2. The quantitative estimate of drug-likeness (QED) is 0.726. The molecule has 1 aliphatic heterocycles. The highest BCUT2D eigenvalue weighted by Gasteiger charge is 2.31. The van der Waals surface area contributed by atoms with Crippen molar-refractivity contribution in [3.05, 3.63) is 77.9 Å². The first kappa shape index (κ1) is 11.5. The molecule has 2 aromatic rings. The van der Waals surface area contributed by atoms with Crippen molar-refractivity contribution >= 4 is 0 Å². The lowest BCUT2D eigenvalue weighted by Gasteiger charge is -2.14. The average molecular weight is 260 g/mol. The molecule has 1 nitrogen and oxygen atoms in total. The molecule has 1 heterocycles. The second kappa shape index (κ2) is 4.38. The van der Waals surface area contributed by atoms with Crippen molar-refractivity contribution in [1.82, 2.24) is 0 Å². The van der Waals surface area contributed by atoms with Crippen molar-refractivity contribution in [1.29, 1.82) is 0 Å². The number of allylic oxidation sites excluding steroid dienone is 2. The molecule has 0 amide bonds. The molecule has 2 aromatic carbocycles. The molecule has 0 aromatic heterocycles. The fourth-order valence-electron chi connectivity index (χ4n) is 2.97. The summed E-state index contributed by atoms with van der Waals surface area (Å²) in [6.07, 6.45) is 8.71. The van der Waals surface area contributed by atoms with Gasteiger partial charge in [-0.1, -0.05) is 54.1 Å². The Bertz CT molecular complexity index is 707. The number of rotatable bonds is 1. The molecule has 0 fully saturated rings. The summed E-state index contributed by atoms with van der Waals surface area (Å²) in [5.74, 6) is 1.38. The van der Waals surface area contributed by atoms with Crippen molar-refractivity contribution in [2.24, 2.45) is 0 Å². The Morgan fingerprint density at radius 2 is 1.60 bits per heavy atom. The number of aryl methyl sites for hydroxylation is 1. The summed E-state index contributed by atoms with van der Waals surface area (Å²) in [7, 11) is 0.